The molecular weight excluding hydrogens is 349 g/mol. The number of halogens is 1. The highest BCUT2D eigenvalue weighted by molar-refractivity contribution is 5.94. The fraction of sp³-hybridized carbons (Fsp3) is 0.200. The zero-order valence-electron chi connectivity index (χ0n) is 14.6. The number of benzene rings is 2. The summed E-state index contributed by atoms with van der Waals surface area (Å²) in [5.74, 6) is 0.505. The van der Waals surface area contributed by atoms with E-state index in [0.29, 0.717) is 18.1 Å². The predicted octanol–water partition coefficient (Wildman–Crippen LogP) is 3.26. The number of hydrogen-bond acceptors (Lipinski definition) is 4. The highest BCUT2D eigenvalue weighted by Gasteiger charge is 2.31. The molecule has 4 rings (SSSR count). The third-order valence-corrected chi connectivity index (χ3v) is 4.70. The van der Waals surface area contributed by atoms with E-state index < -0.39 is 0 Å². The Morgan fingerprint density at radius 3 is 2.93 bits per heavy atom. The van der Waals surface area contributed by atoms with Gasteiger partial charge in [-0.2, -0.15) is 5.10 Å². The fourth-order valence-corrected chi connectivity index (χ4v) is 3.46. The molecule has 1 unspecified atom stereocenters. The fourth-order valence-electron chi connectivity index (χ4n) is 3.46. The van der Waals surface area contributed by atoms with Crippen LogP contribution in [0.3, 0.4) is 0 Å². The van der Waals surface area contributed by atoms with Gasteiger partial charge in [0.2, 0.25) is 5.91 Å². The van der Waals surface area contributed by atoms with Crippen LogP contribution in [0, 0.1) is 5.82 Å². The van der Waals surface area contributed by atoms with Crippen LogP contribution in [-0.2, 0) is 11.3 Å². The van der Waals surface area contributed by atoms with Crippen molar-refractivity contribution in [3.8, 4) is 11.5 Å². The second kappa shape index (κ2) is 6.75. The summed E-state index contributed by atoms with van der Waals surface area (Å²) in [6.07, 6.45) is 1.96. The largest absolute Gasteiger partial charge is 0.508 e. The van der Waals surface area contributed by atoms with Gasteiger partial charge in [0.25, 0.3) is 0 Å². The number of nitrogens with zero attached hydrogens (tertiary/aromatic N) is 2. The number of amides is 1. The van der Waals surface area contributed by atoms with Crippen LogP contribution >= 0.6 is 0 Å². The van der Waals surface area contributed by atoms with Crippen molar-refractivity contribution in [2.24, 2.45) is 0 Å². The molecule has 0 saturated carbocycles. The summed E-state index contributed by atoms with van der Waals surface area (Å²) in [5.41, 5.74) is 2.41. The standard InChI is InChI=1S/C20H18FN3O3/c1-27-18-8-14(25)5-6-15(18)16-9-19(26)23-20-17(16)10-22-24(20)11-12-3-2-4-13(21)7-12/h2-8,10,16,25H,9,11H2,1H3,(H,23,26). The van der Waals surface area contributed by atoms with Crippen LogP contribution in [0.4, 0.5) is 10.2 Å². The molecule has 2 heterocycles. The molecule has 27 heavy (non-hydrogen) atoms. The Morgan fingerprint density at radius 2 is 2.15 bits per heavy atom. The Kier molecular flexibility index (Phi) is 4.27. The van der Waals surface area contributed by atoms with E-state index >= 15 is 0 Å². The van der Waals surface area contributed by atoms with Gasteiger partial charge < -0.3 is 15.2 Å². The summed E-state index contributed by atoms with van der Waals surface area (Å²) in [6.45, 7) is 0.340. The number of ether oxygens (including phenoxy) is 1. The Balaban J connectivity index is 1.74. The minimum atomic E-state index is -0.315. The molecular formula is C20H18FN3O3. The molecule has 2 N–H and O–H groups in total. The molecule has 0 bridgehead atoms. The van der Waals surface area contributed by atoms with E-state index in [9.17, 15) is 14.3 Å². The Morgan fingerprint density at radius 1 is 1.30 bits per heavy atom. The topological polar surface area (TPSA) is 76.4 Å². The third kappa shape index (κ3) is 3.23. The number of fused-ring (bicyclic) bond motifs is 1. The van der Waals surface area contributed by atoms with Gasteiger partial charge >= 0.3 is 0 Å². The molecule has 2 aromatic carbocycles. The molecule has 1 amide bonds. The molecule has 3 aromatic rings. The van der Waals surface area contributed by atoms with Gasteiger partial charge in [-0.05, 0) is 23.8 Å². The minimum Gasteiger partial charge on any atom is -0.508 e. The summed E-state index contributed by atoms with van der Waals surface area (Å²) in [4.78, 5) is 12.3. The minimum absolute atomic E-state index is 0.0953. The lowest BCUT2D eigenvalue weighted by Gasteiger charge is -2.25. The lowest BCUT2D eigenvalue weighted by molar-refractivity contribution is -0.116. The maximum absolute atomic E-state index is 13.5. The SMILES string of the molecule is COc1cc(O)ccc1C1CC(=O)Nc2c1cnn2Cc1cccc(F)c1. The first-order chi connectivity index (χ1) is 13.0. The van der Waals surface area contributed by atoms with Gasteiger partial charge in [0.1, 0.15) is 23.1 Å². The maximum atomic E-state index is 13.5. The molecule has 1 aliphatic heterocycles. The van der Waals surface area contributed by atoms with E-state index in [1.54, 1.807) is 29.1 Å². The van der Waals surface area contributed by atoms with Crippen LogP contribution in [0.1, 0.15) is 29.0 Å². The lowest BCUT2D eigenvalue weighted by atomic mass is 9.86. The van der Waals surface area contributed by atoms with Crippen molar-refractivity contribution in [3.63, 3.8) is 0 Å². The number of nitrogens with one attached hydrogen (secondary N) is 1. The number of carbonyl (C=O) groups is 1. The van der Waals surface area contributed by atoms with Crippen molar-refractivity contribution in [2.45, 2.75) is 18.9 Å². The van der Waals surface area contributed by atoms with E-state index in [0.717, 1.165) is 16.7 Å². The van der Waals surface area contributed by atoms with Crippen molar-refractivity contribution in [1.82, 2.24) is 9.78 Å². The molecule has 7 heteroatoms. The molecule has 0 saturated heterocycles. The number of anilines is 1. The molecule has 0 aliphatic carbocycles. The first-order valence-corrected chi connectivity index (χ1v) is 8.52. The van der Waals surface area contributed by atoms with Gasteiger partial charge in [-0.25, -0.2) is 9.07 Å². The van der Waals surface area contributed by atoms with Gasteiger partial charge in [0.05, 0.1) is 19.9 Å². The molecule has 138 valence electrons. The summed E-state index contributed by atoms with van der Waals surface area (Å²) in [6, 6.07) is 11.1. The number of rotatable bonds is 4. The second-order valence-corrected chi connectivity index (χ2v) is 6.47. The van der Waals surface area contributed by atoms with Crippen LogP contribution < -0.4 is 10.1 Å². The van der Waals surface area contributed by atoms with E-state index in [4.69, 9.17) is 4.74 Å². The van der Waals surface area contributed by atoms with E-state index in [1.165, 1.54) is 25.3 Å². The van der Waals surface area contributed by atoms with Crippen molar-refractivity contribution in [3.05, 3.63) is 71.2 Å². The number of phenolic OH excluding ortho intramolecular Hbond substituents is 1. The summed E-state index contributed by atoms with van der Waals surface area (Å²) < 4.78 is 20.5. The number of phenols is 1. The lowest BCUT2D eigenvalue weighted by Crippen LogP contribution is -2.25. The van der Waals surface area contributed by atoms with Gasteiger partial charge in [0, 0.05) is 29.5 Å². The van der Waals surface area contributed by atoms with Crippen LogP contribution in [-0.4, -0.2) is 27.9 Å². The van der Waals surface area contributed by atoms with Crippen molar-refractivity contribution < 1.29 is 19.0 Å². The van der Waals surface area contributed by atoms with E-state index in [-0.39, 0.29) is 29.8 Å². The zero-order valence-corrected chi connectivity index (χ0v) is 14.6. The summed E-state index contributed by atoms with van der Waals surface area (Å²) >= 11 is 0. The van der Waals surface area contributed by atoms with E-state index in [1.807, 2.05) is 6.07 Å². The maximum Gasteiger partial charge on any atom is 0.226 e. The molecule has 0 spiro atoms. The Labute approximate surface area is 155 Å². The first kappa shape index (κ1) is 17.1. The highest BCUT2D eigenvalue weighted by Crippen LogP contribution is 2.41. The second-order valence-electron chi connectivity index (χ2n) is 6.47. The Hall–Kier alpha value is -3.35. The molecule has 1 aromatic heterocycles. The van der Waals surface area contributed by atoms with Crippen molar-refractivity contribution in [2.75, 3.05) is 12.4 Å². The number of aromatic hydroxyl groups is 1. The average molecular weight is 367 g/mol. The number of methoxy groups -OCH3 is 1. The summed E-state index contributed by atoms with van der Waals surface area (Å²) in [7, 11) is 1.52. The first-order valence-electron chi connectivity index (χ1n) is 8.52. The smallest absolute Gasteiger partial charge is 0.226 e. The average Bonchev–Trinajstić information content (AvgIpc) is 3.03. The van der Waals surface area contributed by atoms with Gasteiger partial charge in [-0.15, -0.1) is 0 Å². The van der Waals surface area contributed by atoms with Crippen LogP contribution in [0.5, 0.6) is 11.5 Å². The third-order valence-electron chi connectivity index (χ3n) is 4.70. The van der Waals surface area contributed by atoms with Gasteiger partial charge in [-0.3, -0.25) is 4.79 Å². The van der Waals surface area contributed by atoms with Crippen molar-refractivity contribution >= 4 is 11.7 Å². The van der Waals surface area contributed by atoms with Crippen molar-refractivity contribution in [1.29, 1.82) is 0 Å². The van der Waals surface area contributed by atoms with Gasteiger partial charge in [0.15, 0.2) is 0 Å². The van der Waals surface area contributed by atoms with Crippen LogP contribution in [0.2, 0.25) is 0 Å². The number of hydrogen-bond donors (Lipinski definition) is 2. The summed E-state index contributed by atoms with van der Waals surface area (Å²) in [5, 5.41) is 17.0. The quantitative estimate of drug-likeness (QED) is 0.742. The monoisotopic (exact) mass is 367 g/mol. The molecule has 0 radical (unpaired) electrons. The zero-order chi connectivity index (χ0) is 19.0. The highest BCUT2D eigenvalue weighted by atomic mass is 19.1. The normalized spacial score (nSPS) is 15.9. The molecule has 6 nitrogen and oxygen atoms in total. The Bertz CT molecular complexity index is 1020. The van der Waals surface area contributed by atoms with Gasteiger partial charge in [-0.1, -0.05) is 18.2 Å². The number of aromatic nitrogens is 2. The number of carbonyl (C=O) groups excluding carboxylic acids is 1. The molecule has 1 atom stereocenters. The van der Waals surface area contributed by atoms with E-state index in [2.05, 4.69) is 10.4 Å². The van der Waals surface area contributed by atoms with Crippen LogP contribution in [0.25, 0.3) is 0 Å². The predicted molar refractivity (Wildman–Crippen MR) is 97.5 cm³/mol. The molecule has 1 aliphatic rings. The molecule has 0 fully saturated rings. The van der Waals surface area contributed by atoms with Crippen LogP contribution in [0.15, 0.2) is 48.7 Å².